The highest BCUT2D eigenvalue weighted by molar-refractivity contribution is 9.10. The van der Waals surface area contributed by atoms with Crippen molar-refractivity contribution in [2.45, 2.75) is 13.3 Å². The molecule has 0 radical (unpaired) electrons. The first-order valence-electron chi connectivity index (χ1n) is 9.93. The summed E-state index contributed by atoms with van der Waals surface area (Å²) in [5.74, 6) is -1.70. The van der Waals surface area contributed by atoms with Gasteiger partial charge in [-0.1, -0.05) is 52.3 Å². The van der Waals surface area contributed by atoms with Crippen LogP contribution in [0.15, 0.2) is 65.1 Å². The van der Waals surface area contributed by atoms with Crippen molar-refractivity contribution in [3.8, 4) is 0 Å². The Morgan fingerprint density at radius 1 is 1.13 bits per heavy atom. The van der Waals surface area contributed by atoms with Gasteiger partial charge in [-0.15, -0.1) is 0 Å². The molecule has 1 fully saturated rings. The molecule has 0 aliphatic carbocycles. The average molecular weight is 481 g/mol. The zero-order chi connectivity index (χ0) is 22.0. The standard InChI is InChI=1S/C24H21BrN2O4/c1-15-11-18(25)9-10-20(15)26-22(28)14-31-24(30)17-12-23(29)27(13-17)21-8-4-6-16-5-2-3-7-19(16)21/h2-11,17H,12-14H2,1H3,(H,26,28)/t17-/m0/s1. The first kappa shape index (κ1) is 21.1. The number of nitrogens with one attached hydrogen (secondary N) is 1. The van der Waals surface area contributed by atoms with Gasteiger partial charge >= 0.3 is 5.97 Å². The molecule has 1 aliphatic heterocycles. The van der Waals surface area contributed by atoms with Crippen molar-refractivity contribution in [2.75, 3.05) is 23.4 Å². The Kier molecular flexibility index (Phi) is 6.04. The van der Waals surface area contributed by atoms with E-state index in [-0.39, 0.29) is 18.9 Å². The van der Waals surface area contributed by atoms with Gasteiger partial charge in [0.2, 0.25) is 5.91 Å². The van der Waals surface area contributed by atoms with Crippen molar-refractivity contribution in [3.63, 3.8) is 0 Å². The molecule has 1 aliphatic rings. The number of carbonyl (C=O) groups excluding carboxylic acids is 3. The van der Waals surface area contributed by atoms with Crippen LogP contribution in [0.2, 0.25) is 0 Å². The van der Waals surface area contributed by atoms with Crippen molar-refractivity contribution in [2.24, 2.45) is 5.92 Å². The largest absolute Gasteiger partial charge is 0.455 e. The topological polar surface area (TPSA) is 75.7 Å². The van der Waals surface area contributed by atoms with Crippen molar-refractivity contribution in [3.05, 3.63) is 70.7 Å². The highest BCUT2D eigenvalue weighted by Gasteiger charge is 2.36. The molecule has 6 nitrogen and oxygen atoms in total. The number of aryl methyl sites for hydroxylation is 1. The molecule has 3 aromatic carbocycles. The summed E-state index contributed by atoms with van der Waals surface area (Å²) in [5.41, 5.74) is 2.32. The number of nitrogens with zero attached hydrogens (tertiary/aromatic N) is 1. The highest BCUT2D eigenvalue weighted by Crippen LogP contribution is 2.32. The van der Waals surface area contributed by atoms with Gasteiger partial charge in [0.25, 0.3) is 5.91 Å². The summed E-state index contributed by atoms with van der Waals surface area (Å²) in [4.78, 5) is 38.9. The summed E-state index contributed by atoms with van der Waals surface area (Å²) in [7, 11) is 0. The number of benzene rings is 3. The van der Waals surface area contributed by atoms with Gasteiger partial charge in [-0.3, -0.25) is 14.4 Å². The summed E-state index contributed by atoms with van der Waals surface area (Å²) in [6.45, 7) is 1.71. The Bertz CT molecular complexity index is 1170. The Morgan fingerprint density at radius 2 is 1.90 bits per heavy atom. The van der Waals surface area contributed by atoms with Crippen molar-refractivity contribution in [1.29, 1.82) is 0 Å². The molecule has 0 spiro atoms. The van der Waals surface area contributed by atoms with Crippen molar-refractivity contribution in [1.82, 2.24) is 0 Å². The van der Waals surface area contributed by atoms with Crippen LogP contribution >= 0.6 is 15.9 Å². The Hall–Kier alpha value is -3.19. The molecule has 31 heavy (non-hydrogen) atoms. The summed E-state index contributed by atoms with van der Waals surface area (Å²) in [5, 5.41) is 4.71. The van der Waals surface area contributed by atoms with Crippen LogP contribution in [0.3, 0.4) is 0 Å². The number of carbonyl (C=O) groups is 3. The minimum atomic E-state index is -0.603. The fourth-order valence-electron chi connectivity index (χ4n) is 3.75. The maximum absolute atomic E-state index is 12.6. The molecule has 0 unspecified atom stereocenters. The molecule has 3 aromatic rings. The summed E-state index contributed by atoms with van der Waals surface area (Å²) in [6, 6.07) is 19.0. The van der Waals surface area contributed by atoms with Crippen LogP contribution in [0.25, 0.3) is 10.8 Å². The quantitative estimate of drug-likeness (QED) is 0.547. The normalized spacial score (nSPS) is 15.9. The SMILES string of the molecule is Cc1cc(Br)ccc1NC(=O)COC(=O)[C@H]1CC(=O)N(c2cccc3ccccc23)C1. The van der Waals surface area contributed by atoms with Gasteiger partial charge in [0, 0.05) is 28.5 Å². The second-order valence-electron chi connectivity index (χ2n) is 7.52. The highest BCUT2D eigenvalue weighted by atomic mass is 79.9. The van der Waals surface area contributed by atoms with Crippen LogP contribution in [0.1, 0.15) is 12.0 Å². The predicted molar refractivity (Wildman–Crippen MR) is 123 cm³/mol. The van der Waals surface area contributed by atoms with E-state index < -0.39 is 24.4 Å². The smallest absolute Gasteiger partial charge is 0.311 e. The number of esters is 1. The van der Waals surface area contributed by atoms with Gasteiger partial charge in [0.1, 0.15) is 0 Å². The number of hydrogen-bond donors (Lipinski definition) is 1. The van der Waals surface area contributed by atoms with Crippen molar-refractivity contribution >= 4 is 55.9 Å². The molecule has 1 heterocycles. The second kappa shape index (κ2) is 8.89. The van der Waals surface area contributed by atoms with Gasteiger partial charge in [-0.25, -0.2) is 0 Å². The first-order chi connectivity index (χ1) is 14.9. The van der Waals surface area contributed by atoms with Gasteiger partial charge in [0.15, 0.2) is 6.61 Å². The minimum absolute atomic E-state index is 0.0650. The molecule has 1 N–H and O–H groups in total. The maximum Gasteiger partial charge on any atom is 0.311 e. The zero-order valence-electron chi connectivity index (χ0n) is 16.9. The monoisotopic (exact) mass is 480 g/mol. The van der Waals surface area contributed by atoms with Crippen LogP contribution < -0.4 is 10.2 Å². The third-order valence-corrected chi connectivity index (χ3v) is 5.82. The molecule has 0 saturated carbocycles. The lowest BCUT2D eigenvalue weighted by molar-refractivity contribution is -0.151. The molecule has 1 atom stereocenters. The number of anilines is 2. The van der Waals surface area contributed by atoms with Crippen LogP contribution in [-0.2, 0) is 19.1 Å². The van der Waals surface area contributed by atoms with Crippen LogP contribution in [0.4, 0.5) is 11.4 Å². The summed E-state index contributed by atoms with van der Waals surface area (Å²) < 4.78 is 6.12. The molecular formula is C24H21BrN2O4. The van der Waals surface area contributed by atoms with E-state index in [4.69, 9.17) is 4.74 Å². The number of rotatable bonds is 5. The van der Waals surface area contributed by atoms with Gasteiger partial charge in [-0.2, -0.15) is 0 Å². The second-order valence-corrected chi connectivity index (χ2v) is 8.43. The van der Waals surface area contributed by atoms with E-state index in [0.29, 0.717) is 5.69 Å². The number of fused-ring (bicyclic) bond motifs is 1. The Labute approximate surface area is 188 Å². The summed E-state index contributed by atoms with van der Waals surface area (Å²) >= 11 is 3.38. The fourth-order valence-corrected chi connectivity index (χ4v) is 4.23. The fraction of sp³-hybridized carbons (Fsp3) is 0.208. The third-order valence-electron chi connectivity index (χ3n) is 5.32. The lowest BCUT2D eigenvalue weighted by Crippen LogP contribution is -2.28. The maximum atomic E-state index is 12.6. The average Bonchev–Trinajstić information content (AvgIpc) is 3.15. The molecule has 2 amide bonds. The summed E-state index contributed by atoms with van der Waals surface area (Å²) in [6.07, 6.45) is 0.0650. The molecule has 1 saturated heterocycles. The van der Waals surface area contributed by atoms with Gasteiger partial charge < -0.3 is 15.0 Å². The molecule has 0 bridgehead atoms. The number of halogens is 1. The van der Waals surface area contributed by atoms with E-state index in [1.165, 1.54) is 0 Å². The van der Waals surface area contributed by atoms with Gasteiger partial charge in [-0.05, 0) is 42.1 Å². The van der Waals surface area contributed by atoms with E-state index in [0.717, 1.165) is 26.5 Å². The van der Waals surface area contributed by atoms with Crippen LogP contribution in [0, 0.1) is 12.8 Å². The van der Waals surface area contributed by atoms with E-state index in [1.807, 2.05) is 61.5 Å². The third kappa shape index (κ3) is 4.61. The lowest BCUT2D eigenvalue weighted by Gasteiger charge is -2.18. The Balaban J connectivity index is 1.37. The molecular weight excluding hydrogens is 460 g/mol. The van der Waals surface area contributed by atoms with E-state index in [1.54, 1.807) is 11.0 Å². The lowest BCUT2D eigenvalue weighted by atomic mass is 10.1. The molecule has 0 aromatic heterocycles. The minimum Gasteiger partial charge on any atom is -0.455 e. The predicted octanol–water partition coefficient (Wildman–Crippen LogP) is 4.45. The van der Waals surface area contributed by atoms with E-state index >= 15 is 0 Å². The van der Waals surface area contributed by atoms with Crippen molar-refractivity contribution < 1.29 is 19.1 Å². The van der Waals surface area contributed by atoms with E-state index in [9.17, 15) is 14.4 Å². The number of hydrogen-bond acceptors (Lipinski definition) is 4. The number of amides is 2. The number of ether oxygens (including phenoxy) is 1. The van der Waals surface area contributed by atoms with Gasteiger partial charge in [0.05, 0.1) is 11.6 Å². The first-order valence-corrected chi connectivity index (χ1v) is 10.7. The zero-order valence-corrected chi connectivity index (χ0v) is 18.5. The Morgan fingerprint density at radius 3 is 2.71 bits per heavy atom. The molecule has 4 rings (SSSR count). The van der Waals surface area contributed by atoms with Crippen LogP contribution in [0.5, 0.6) is 0 Å². The molecule has 7 heteroatoms. The van der Waals surface area contributed by atoms with Crippen LogP contribution in [-0.4, -0.2) is 30.9 Å². The molecule has 158 valence electrons. The van der Waals surface area contributed by atoms with E-state index in [2.05, 4.69) is 21.2 Å².